The number of phenols is 6. The first-order valence-corrected chi connectivity index (χ1v) is 22.4. The van der Waals surface area contributed by atoms with Gasteiger partial charge in [0, 0.05) is 69.4 Å². The summed E-state index contributed by atoms with van der Waals surface area (Å²) in [5, 5.41) is 73.8. The fraction of sp³-hybridized carbons (Fsp3) is 0.423. The zero-order valence-corrected chi connectivity index (χ0v) is 36.7. The summed E-state index contributed by atoms with van der Waals surface area (Å²) in [4.78, 5) is 10.1. The number of aryl methyl sites for hydroxylation is 2. The van der Waals surface area contributed by atoms with Crippen molar-refractivity contribution in [2.24, 2.45) is 21.8 Å². The van der Waals surface area contributed by atoms with Crippen LogP contribution >= 0.6 is 0 Å². The van der Waals surface area contributed by atoms with Gasteiger partial charge >= 0.3 is 0 Å². The molecule has 0 unspecified atom stereocenters. The number of aliphatic imine (C=N–C) groups is 2. The zero-order valence-electron chi connectivity index (χ0n) is 36.7. The van der Waals surface area contributed by atoms with E-state index in [9.17, 15) is 30.6 Å². The van der Waals surface area contributed by atoms with Crippen LogP contribution in [0.5, 0.6) is 34.5 Å². The number of hydrogen-bond donors (Lipinski definition) is 6. The van der Waals surface area contributed by atoms with Gasteiger partial charge in [0.25, 0.3) is 0 Å². The lowest BCUT2D eigenvalue weighted by Gasteiger charge is -2.28. The molecule has 10 nitrogen and oxygen atoms in total. The largest absolute Gasteiger partial charge is 0.507 e. The van der Waals surface area contributed by atoms with E-state index in [0.717, 1.165) is 75.7 Å². The van der Waals surface area contributed by atoms with Gasteiger partial charge in [-0.3, -0.25) is 9.98 Å². The minimum absolute atomic E-state index is 0.0672. The average Bonchev–Trinajstić information content (AvgIpc) is 3.96. The summed E-state index contributed by atoms with van der Waals surface area (Å²) < 4.78 is 11.4. The molecule has 0 radical (unpaired) electrons. The predicted octanol–water partition coefficient (Wildman–Crippen LogP) is 12.4. The Labute approximate surface area is 363 Å². The summed E-state index contributed by atoms with van der Waals surface area (Å²) in [6.07, 6.45) is 15.9. The van der Waals surface area contributed by atoms with Crippen molar-refractivity contribution in [2.45, 2.75) is 130 Å². The molecule has 62 heavy (non-hydrogen) atoms. The van der Waals surface area contributed by atoms with Crippen LogP contribution in [0.3, 0.4) is 0 Å². The molecular formula is C52H60N2O8. The molecule has 0 spiro atoms. The average molecular weight is 841 g/mol. The van der Waals surface area contributed by atoms with E-state index in [1.165, 1.54) is 0 Å². The Morgan fingerprint density at radius 1 is 0.565 bits per heavy atom. The number of nitrogens with zero attached hydrogens (tertiary/aromatic N) is 2. The van der Waals surface area contributed by atoms with E-state index in [4.69, 9.17) is 18.8 Å². The van der Waals surface area contributed by atoms with Gasteiger partial charge < -0.3 is 39.5 Å². The lowest BCUT2D eigenvalue weighted by molar-refractivity contribution is 0.292. The number of phenolic OH excluding ortho intramolecular Hbond substituents is 6. The molecule has 2 fully saturated rings. The molecule has 10 heteroatoms. The fourth-order valence-electron chi connectivity index (χ4n) is 10.6. The van der Waals surface area contributed by atoms with Gasteiger partial charge in [0.1, 0.15) is 23.0 Å². The van der Waals surface area contributed by atoms with Crippen molar-refractivity contribution in [1.29, 1.82) is 0 Å². The molecule has 2 saturated carbocycles. The Morgan fingerprint density at radius 2 is 0.952 bits per heavy atom. The van der Waals surface area contributed by atoms with Gasteiger partial charge in [-0.2, -0.15) is 0 Å². The van der Waals surface area contributed by atoms with Gasteiger partial charge in [-0.1, -0.05) is 65.5 Å². The van der Waals surface area contributed by atoms with Crippen molar-refractivity contribution in [1.82, 2.24) is 0 Å². The Morgan fingerprint density at radius 3 is 1.31 bits per heavy atom. The Bertz CT molecular complexity index is 2470. The third-order valence-electron chi connectivity index (χ3n) is 13.6. The molecule has 2 aliphatic carbocycles. The summed E-state index contributed by atoms with van der Waals surface area (Å²) in [5.41, 5.74) is 3.28. The van der Waals surface area contributed by atoms with E-state index in [0.29, 0.717) is 54.9 Å². The van der Waals surface area contributed by atoms with E-state index < -0.39 is 0 Å². The second-order valence-electron chi connectivity index (χ2n) is 18.4. The third-order valence-corrected chi connectivity index (χ3v) is 13.6. The maximum atomic E-state index is 12.7. The van der Waals surface area contributed by atoms with Crippen molar-refractivity contribution in [3.8, 4) is 45.6 Å². The second-order valence-corrected chi connectivity index (χ2v) is 18.4. The minimum atomic E-state index is -0.374. The standard InChI is InChI=1S/C52H60N2O8/c1-27(2)41-35-21-29(5)43(49(57)45(35)37(47(55)51(41)59)25-53-39-17-9-7-13-31(39)23-33-15-11-19-61-33)44-30(6)22-36-42(28(3)4)52(60)48(56)38(46(36)50(44)58)26-54-40-18-10-8-14-32(40)24-34-16-12-20-62-34/h11-12,15-16,19-22,25-28,31-32,39-40,55-60H,7-10,13-14,17-18,23-24H2,1-6H3/t31-,32-,39-,40-/m0/s1. The zero-order chi connectivity index (χ0) is 44.0. The van der Waals surface area contributed by atoms with Gasteiger partial charge in [0.05, 0.1) is 24.6 Å². The first-order valence-electron chi connectivity index (χ1n) is 22.4. The SMILES string of the molecule is Cc1cc2c(C(C)C)c(O)c(O)c(C=N[C@H]3CCCC[C@H]3Cc3ccco3)c2c(O)c1-c1c(C)cc2c(C(C)C)c(O)c(O)c(C=N[C@H]3CCCC[C@H]3Cc3ccco3)c2c1O. The van der Waals surface area contributed by atoms with Crippen molar-refractivity contribution >= 4 is 34.0 Å². The van der Waals surface area contributed by atoms with Crippen molar-refractivity contribution < 1.29 is 39.5 Å². The highest BCUT2D eigenvalue weighted by molar-refractivity contribution is 6.15. The molecule has 0 amide bonds. The molecule has 4 aromatic carbocycles. The number of furan rings is 2. The van der Waals surface area contributed by atoms with Gasteiger partial charge in [-0.05, 0) is 109 Å². The number of hydrogen-bond acceptors (Lipinski definition) is 10. The van der Waals surface area contributed by atoms with Crippen LogP contribution in [0, 0.1) is 25.7 Å². The van der Waals surface area contributed by atoms with Crippen LogP contribution in [0.2, 0.25) is 0 Å². The molecule has 0 aliphatic heterocycles. The molecule has 4 atom stereocenters. The van der Waals surface area contributed by atoms with E-state index in [-0.39, 0.29) is 81.4 Å². The Kier molecular flexibility index (Phi) is 12.0. The summed E-state index contributed by atoms with van der Waals surface area (Å²) in [5.74, 6) is 0.159. The lowest BCUT2D eigenvalue weighted by atomic mass is 9.81. The first kappa shape index (κ1) is 42.8. The lowest BCUT2D eigenvalue weighted by Crippen LogP contribution is -2.25. The number of fused-ring (bicyclic) bond motifs is 2. The van der Waals surface area contributed by atoms with Crippen LogP contribution in [0.1, 0.15) is 136 Å². The quantitative estimate of drug-likeness (QED) is 0.0552. The van der Waals surface area contributed by atoms with Crippen molar-refractivity contribution in [3.05, 3.63) is 93.8 Å². The molecule has 0 saturated heterocycles. The molecule has 2 aliphatic rings. The van der Waals surface area contributed by atoms with Gasteiger partial charge in [-0.25, -0.2) is 0 Å². The number of benzene rings is 4. The summed E-state index contributed by atoms with van der Waals surface area (Å²) in [6.45, 7) is 11.4. The molecular weight excluding hydrogens is 781 g/mol. The van der Waals surface area contributed by atoms with Gasteiger partial charge in [0.15, 0.2) is 23.0 Å². The van der Waals surface area contributed by atoms with Gasteiger partial charge in [0.2, 0.25) is 0 Å². The predicted molar refractivity (Wildman–Crippen MR) is 246 cm³/mol. The van der Waals surface area contributed by atoms with Crippen LogP contribution in [0.4, 0.5) is 0 Å². The molecule has 6 N–H and O–H groups in total. The van der Waals surface area contributed by atoms with Crippen LogP contribution in [-0.2, 0) is 12.8 Å². The Hall–Kier alpha value is -5.90. The van der Waals surface area contributed by atoms with Gasteiger partial charge in [-0.15, -0.1) is 0 Å². The normalized spacial score (nSPS) is 19.9. The minimum Gasteiger partial charge on any atom is -0.507 e. The molecule has 2 aromatic heterocycles. The summed E-state index contributed by atoms with van der Waals surface area (Å²) in [7, 11) is 0. The maximum absolute atomic E-state index is 12.7. The monoisotopic (exact) mass is 840 g/mol. The molecule has 2 heterocycles. The van der Waals surface area contributed by atoms with E-state index >= 15 is 0 Å². The highest BCUT2D eigenvalue weighted by Gasteiger charge is 2.32. The van der Waals surface area contributed by atoms with Crippen LogP contribution in [0.25, 0.3) is 32.7 Å². The van der Waals surface area contributed by atoms with Crippen LogP contribution in [-0.4, -0.2) is 55.2 Å². The van der Waals surface area contributed by atoms with Crippen LogP contribution < -0.4 is 0 Å². The van der Waals surface area contributed by atoms with E-state index in [2.05, 4.69) is 0 Å². The van der Waals surface area contributed by atoms with Crippen molar-refractivity contribution in [3.63, 3.8) is 0 Å². The molecule has 6 aromatic rings. The number of rotatable bonds is 11. The highest BCUT2D eigenvalue weighted by atomic mass is 16.3. The summed E-state index contributed by atoms with van der Waals surface area (Å²) >= 11 is 0. The maximum Gasteiger partial charge on any atom is 0.167 e. The Balaban J connectivity index is 1.32. The van der Waals surface area contributed by atoms with Crippen molar-refractivity contribution in [2.75, 3.05) is 0 Å². The number of aromatic hydroxyl groups is 6. The van der Waals surface area contributed by atoms with Crippen LogP contribution in [0.15, 0.2) is 67.7 Å². The molecule has 0 bridgehead atoms. The topological polar surface area (TPSA) is 172 Å². The highest BCUT2D eigenvalue weighted by Crippen LogP contribution is 2.54. The third kappa shape index (κ3) is 7.77. The smallest absolute Gasteiger partial charge is 0.167 e. The van der Waals surface area contributed by atoms with E-state index in [1.807, 2.05) is 77.9 Å². The summed E-state index contributed by atoms with van der Waals surface area (Å²) in [6, 6.07) is 11.4. The first-order chi connectivity index (χ1) is 29.8. The molecule has 8 rings (SSSR count). The fourth-order valence-corrected chi connectivity index (χ4v) is 10.6. The van der Waals surface area contributed by atoms with E-state index in [1.54, 1.807) is 25.0 Å². The second kappa shape index (κ2) is 17.5. The molecule has 326 valence electrons.